The van der Waals surface area contributed by atoms with Gasteiger partial charge >= 0.3 is 0 Å². The molecule has 0 aliphatic heterocycles. The minimum absolute atomic E-state index is 0.416. The second kappa shape index (κ2) is 5.48. The zero-order valence-electron chi connectivity index (χ0n) is 12.0. The fourth-order valence-corrected chi connectivity index (χ4v) is 3.48. The zero-order valence-corrected chi connectivity index (χ0v) is 12.0. The van der Waals surface area contributed by atoms with E-state index in [1.165, 1.54) is 19.3 Å². The van der Waals surface area contributed by atoms with Gasteiger partial charge in [0.2, 0.25) is 0 Å². The molecule has 2 unspecified atom stereocenters. The van der Waals surface area contributed by atoms with Gasteiger partial charge in [-0.1, -0.05) is 20.3 Å². The van der Waals surface area contributed by atoms with Crippen molar-refractivity contribution in [2.45, 2.75) is 70.4 Å². The average Bonchev–Trinajstić information content (AvgIpc) is 2.79. The molecular formula is C15H30N2O. The maximum atomic E-state index is 10.6. The third-order valence-corrected chi connectivity index (χ3v) is 5.19. The Balaban J connectivity index is 1.79. The van der Waals surface area contributed by atoms with Gasteiger partial charge < -0.3 is 16.2 Å². The molecule has 0 bridgehead atoms. The lowest BCUT2D eigenvalue weighted by molar-refractivity contribution is -0.0267. The molecule has 0 aromatic rings. The quantitative estimate of drug-likeness (QED) is 0.719. The Morgan fingerprint density at radius 2 is 1.83 bits per heavy atom. The molecular weight excluding hydrogens is 224 g/mol. The van der Waals surface area contributed by atoms with Crippen LogP contribution in [0.25, 0.3) is 0 Å². The van der Waals surface area contributed by atoms with Gasteiger partial charge in [-0.3, -0.25) is 0 Å². The smallest absolute Gasteiger partial charge is 0.0772 e. The lowest BCUT2D eigenvalue weighted by Gasteiger charge is -2.41. The maximum Gasteiger partial charge on any atom is 0.0772 e. The van der Waals surface area contributed by atoms with Crippen LogP contribution in [0, 0.1) is 11.3 Å². The topological polar surface area (TPSA) is 58.3 Å². The van der Waals surface area contributed by atoms with Gasteiger partial charge in [-0.05, 0) is 56.4 Å². The van der Waals surface area contributed by atoms with Crippen LogP contribution in [0.5, 0.6) is 0 Å². The van der Waals surface area contributed by atoms with Gasteiger partial charge in [0.05, 0.1) is 5.60 Å². The first-order valence-corrected chi connectivity index (χ1v) is 7.60. The normalized spacial score (nSPS) is 34.7. The Morgan fingerprint density at radius 3 is 2.44 bits per heavy atom. The molecule has 2 rings (SSSR count). The van der Waals surface area contributed by atoms with Crippen molar-refractivity contribution in [1.82, 2.24) is 5.32 Å². The number of nitrogens with two attached hydrogens (primary N) is 1. The Labute approximate surface area is 112 Å². The van der Waals surface area contributed by atoms with Crippen molar-refractivity contribution in [3.8, 4) is 0 Å². The minimum atomic E-state index is -0.475. The van der Waals surface area contributed by atoms with E-state index in [4.69, 9.17) is 5.73 Å². The summed E-state index contributed by atoms with van der Waals surface area (Å²) in [4.78, 5) is 0. The predicted molar refractivity (Wildman–Crippen MR) is 75.4 cm³/mol. The van der Waals surface area contributed by atoms with Gasteiger partial charge in [0.1, 0.15) is 0 Å². The maximum absolute atomic E-state index is 10.6. The minimum Gasteiger partial charge on any atom is -0.389 e. The molecule has 4 N–H and O–H groups in total. The van der Waals surface area contributed by atoms with E-state index in [-0.39, 0.29) is 0 Å². The van der Waals surface area contributed by atoms with Crippen molar-refractivity contribution in [3.63, 3.8) is 0 Å². The highest BCUT2D eigenvalue weighted by atomic mass is 16.3. The molecule has 3 nitrogen and oxygen atoms in total. The van der Waals surface area contributed by atoms with E-state index < -0.39 is 5.60 Å². The summed E-state index contributed by atoms with van der Waals surface area (Å²) in [6.07, 6.45) is 7.90. The highest BCUT2D eigenvalue weighted by Crippen LogP contribution is 2.40. The van der Waals surface area contributed by atoms with Crippen molar-refractivity contribution in [3.05, 3.63) is 0 Å². The highest BCUT2D eigenvalue weighted by molar-refractivity contribution is 4.93. The van der Waals surface area contributed by atoms with Crippen LogP contribution in [0.15, 0.2) is 0 Å². The number of hydrogen-bond donors (Lipinski definition) is 3. The first-order valence-electron chi connectivity index (χ1n) is 7.60. The van der Waals surface area contributed by atoms with Gasteiger partial charge in [0, 0.05) is 12.6 Å². The number of hydrogen-bond acceptors (Lipinski definition) is 3. The van der Waals surface area contributed by atoms with Gasteiger partial charge in [0.25, 0.3) is 0 Å². The molecule has 2 atom stereocenters. The summed E-state index contributed by atoms with van der Waals surface area (Å²) in [5.74, 6) is 0.619. The standard InChI is InChI=1S/C15H30N2O/c1-14(2)6-8-15(18,9-7-14)11-17-13-5-3-4-12(13)10-16/h12-13,17-18H,3-11,16H2,1-2H3. The molecule has 2 aliphatic carbocycles. The summed E-state index contributed by atoms with van der Waals surface area (Å²) in [5.41, 5.74) is 5.74. The van der Waals surface area contributed by atoms with Crippen LogP contribution >= 0.6 is 0 Å². The SMILES string of the molecule is CC1(C)CCC(O)(CNC2CCCC2CN)CC1. The first-order chi connectivity index (χ1) is 8.44. The average molecular weight is 254 g/mol. The summed E-state index contributed by atoms with van der Waals surface area (Å²) < 4.78 is 0. The highest BCUT2D eigenvalue weighted by Gasteiger charge is 2.37. The van der Waals surface area contributed by atoms with Crippen LogP contribution < -0.4 is 11.1 Å². The van der Waals surface area contributed by atoms with Crippen LogP contribution in [-0.2, 0) is 0 Å². The van der Waals surface area contributed by atoms with E-state index in [0.717, 1.165) is 38.8 Å². The van der Waals surface area contributed by atoms with Gasteiger partial charge in [-0.2, -0.15) is 0 Å². The molecule has 0 spiro atoms. The molecule has 0 aromatic heterocycles. The van der Waals surface area contributed by atoms with Crippen LogP contribution in [0.3, 0.4) is 0 Å². The number of aliphatic hydroxyl groups is 1. The Hall–Kier alpha value is -0.120. The zero-order chi connectivity index (χ0) is 13.2. The molecule has 0 amide bonds. The molecule has 0 radical (unpaired) electrons. The predicted octanol–water partition coefficient (Wildman–Crippen LogP) is 2.03. The molecule has 2 saturated carbocycles. The van der Waals surface area contributed by atoms with Crippen molar-refractivity contribution < 1.29 is 5.11 Å². The Morgan fingerprint density at radius 1 is 1.17 bits per heavy atom. The number of rotatable bonds is 4. The van der Waals surface area contributed by atoms with E-state index in [1.54, 1.807) is 0 Å². The van der Waals surface area contributed by atoms with Crippen molar-refractivity contribution >= 4 is 0 Å². The second-order valence-electron chi connectivity index (χ2n) is 7.30. The number of nitrogens with one attached hydrogen (secondary N) is 1. The first kappa shape index (κ1) is 14.3. The van der Waals surface area contributed by atoms with Crippen molar-refractivity contribution in [2.75, 3.05) is 13.1 Å². The van der Waals surface area contributed by atoms with E-state index in [9.17, 15) is 5.11 Å². The molecule has 2 fully saturated rings. The largest absolute Gasteiger partial charge is 0.389 e. The molecule has 0 heterocycles. The van der Waals surface area contributed by atoms with Gasteiger partial charge in [0.15, 0.2) is 0 Å². The molecule has 0 saturated heterocycles. The fourth-order valence-electron chi connectivity index (χ4n) is 3.48. The molecule has 106 valence electrons. The lowest BCUT2D eigenvalue weighted by atomic mass is 9.71. The third-order valence-electron chi connectivity index (χ3n) is 5.19. The van der Waals surface area contributed by atoms with E-state index in [1.807, 2.05) is 0 Å². The Bertz CT molecular complexity index is 268. The van der Waals surface area contributed by atoms with Crippen LogP contribution in [0.1, 0.15) is 58.8 Å². The monoisotopic (exact) mass is 254 g/mol. The van der Waals surface area contributed by atoms with Gasteiger partial charge in [-0.25, -0.2) is 0 Å². The van der Waals surface area contributed by atoms with Crippen molar-refractivity contribution in [2.24, 2.45) is 17.1 Å². The van der Waals surface area contributed by atoms with Crippen molar-refractivity contribution in [1.29, 1.82) is 0 Å². The van der Waals surface area contributed by atoms with E-state index >= 15 is 0 Å². The van der Waals surface area contributed by atoms with E-state index in [2.05, 4.69) is 19.2 Å². The van der Waals surface area contributed by atoms with E-state index in [0.29, 0.717) is 17.4 Å². The van der Waals surface area contributed by atoms with Crippen LogP contribution in [0.4, 0.5) is 0 Å². The Kier molecular flexibility index (Phi) is 4.35. The molecule has 18 heavy (non-hydrogen) atoms. The van der Waals surface area contributed by atoms with Gasteiger partial charge in [-0.15, -0.1) is 0 Å². The second-order valence-corrected chi connectivity index (χ2v) is 7.30. The summed E-state index contributed by atoms with van der Waals surface area (Å²) >= 11 is 0. The van der Waals surface area contributed by atoms with Crippen LogP contribution in [-0.4, -0.2) is 29.8 Å². The molecule has 3 heteroatoms. The summed E-state index contributed by atoms with van der Waals surface area (Å²) in [6, 6.07) is 0.536. The van der Waals surface area contributed by atoms with Crippen LogP contribution in [0.2, 0.25) is 0 Å². The lowest BCUT2D eigenvalue weighted by Crippen LogP contribution is -2.49. The summed E-state index contributed by atoms with van der Waals surface area (Å²) in [5, 5.41) is 14.2. The third kappa shape index (κ3) is 3.46. The molecule has 2 aliphatic rings. The summed E-state index contributed by atoms with van der Waals surface area (Å²) in [7, 11) is 0. The summed E-state index contributed by atoms with van der Waals surface area (Å²) in [6.45, 7) is 6.15. The molecule has 0 aromatic carbocycles. The fraction of sp³-hybridized carbons (Fsp3) is 1.00.